The molecule has 3 heterocycles. The maximum Gasteiger partial charge on any atom is 0.131 e. The molecule has 296 valence electrons. The molecule has 0 bridgehead atoms. The van der Waals surface area contributed by atoms with Crippen LogP contribution in [0.15, 0.2) is 181 Å². The highest BCUT2D eigenvalue weighted by molar-refractivity contribution is 6.10. The number of aromatic nitrogens is 2. The highest BCUT2D eigenvalue weighted by Crippen LogP contribution is 2.40. The number of aliphatic imine (C=N–C) groups is 1. The molecule has 5 nitrogen and oxygen atoms in total. The van der Waals surface area contributed by atoms with Crippen LogP contribution in [-0.4, -0.2) is 21.1 Å². The summed E-state index contributed by atoms with van der Waals surface area (Å²) in [5, 5.41) is 19.2. The summed E-state index contributed by atoms with van der Waals surface area (Å²) in [6.07, 6.45) is 12.1. The lowest BCUT2D eigenvalue weighted by Crippen LogP contribution is -2.55. The zero-order valence-corrected chi connectivity index (χ0v) is 34.2. The van der Waals surface area contributed by atoms with Gasteiger partial charge in [0.05, 0.1) is 22.7 Å². The van der Waals surface area contributed by atoms with Crippen LogP contribution in [0.25, 0.3) is 83.9 Å². The molecule has 0 saturated carbocycles. The van der Waals surface area contributed by atoms with Gasteiger partial charge in [0, 0.05) is 55.8 Å². The number of benzene rings is 8. The second-order valence-electron chi connectivity index (χ2n) is 17.1. The minimum absolute atomic E-state index is 0.0277. The summed E-state index contributed by atoms with van der Waals surface area (Å²) < 4.78 is 4.97. The lowest BCUT2D eigenvalue weighted by Gasteiger charge is -2.36. The van der Waals surface area contributed by atoms with Gasteiger partial charge >= 0.3 is 0 Å². The van der Waals surface area contributed by atoms with Gasteiger partial charge in [-0.3, -0.25) is 5.32 Å². The van der Waals surface area contributed by atoms with Gasteiger partial charge in [-0.2, -0.15) is 0 Å². The summed E-state index contributed by atoms with van der Waals surface area (Å²) in [6, 6.07) is 62.3. The molecule has 1 aliphatic heterocycles. The SMILES string of the molecule is C1=Cc2c(n(-c3cc(C4N=C(c5ccccc5)NC(C5C=c6ccccc6=CC5)N4)c4ccccc4c3)c3cc4cc(-n5c6ccccc6c6ccccc65)ccc4cc23)CC1. The molecular weight excluding hydrogens is 755 g/mol. The molecule has 10 aromatic rings. The average Bonchev–Trinajstić information content (AvgIpc) is 3.85. The maximum absolute atomic E-state index is 5.50. The molecule has 62 heavy (non-hydrogen) atoms. The van der Waals surface area contributed by atoms with Crippen molar-refractivity contribution in [1.29, 1.82) is 0 Å². The Balaban J connectivity index is 0.996. The van der Waals surface area contributed by atoms with E-state index < -0.39 is 0 Å². The number of nitrogens with zero attached hydrogens (tertiary/aromatic N) is 3. The minimum atomic E-state index is -0.279. The molecule has 0 spiro atoms. The van der Waals surface area contributed by atoms with Crippen molar-refractivity contribution >= 4 is 78.3 Å². The fourth-order valence-corrected chi connectivity index (χ4v) is 10.6. The van der Waals surface area contributed by atoms with Gasteiger partial charge in [0.25, 0.3) is 0 Å². The molecule has 13 rings (SSSR count). The van der Waals surface area contributed by atoms with Gasteiger partial charge < -0.3 is 14.5 Å². The topological polar surface area (TPSA) is 46.3 Å². The lowest BCUT2D eigenvalue weighted by molar-refractivity contribution is 0.343. The Kier molecular flexibility index (Phi) is 8.00. The van der Waals surface area contributed by atoms with E-state index in [4.69, 9.17) is 4.99 Å². The van der Waals surface area contributed by atoms with E-state index in [1.807, 2.05) is 0 Å². The van der Waals surface area contributed by atoms with E-state index >= 15 is 0 Å². The van der Waals surface area contributed by atoms with Crippen LogP contribution in [0.1, 0.15) is 41.4 Å². The zero-order valence-electron chi connectivity index (χ0n) is 34.2. The quantitative estimate of drug-likeness (QED) is 0.182. The number of nitrogens with one attached hydrogen (secondary N) is 2. The monoisotopic (exact) mass is 797 g/mol. The Morgan fingerprint density at radius 1 is 0.548 bits per heavy atom. The first kappa shape index (κ1) is 35.3. The molecule has 8 aromatic carbocycles. The molecule has 0 fully saturated rings. The van der Waals surface area contributed by atoms with Crippen LogP contribution in [0.4, 0.5) is 0 Å². The fourth-order valence-electron chi connectivity index (χ4n) is 10.6. The molecule has 3 atom stereocenters. The second-order valence-corrected chi connectivity index (χ2v) is 17.1. The Bertz CT molecular complexity index is 3590. The molecule has 0 saturated heterocycles. The Morgan fingerprint density at radius 2 is 1.27 bits per heavy atom. The third kappa shape index (κ3) is 5.62. The number of para-hydroxylation sites is 2. The van der Waals surface area contributed by atoms with Crippen LogP contribution < -0.4 is 21.1 Å². The number of hydrogen-bond donors (Lipinski definition) is 2. The lowest BCUT2D eigenvalue weighted by atomic mass is 9.92. The molecule has 0 radical (unpaired) electrons. The maximum atomic E-state index is 5.50. The van der Waals surface area contributed by atoms with E-state index in [0.29, 0.717) is 0 Å². The first-order chi connectivity index (χ1) is 30.7. The smallest absolute Gasteiger partial charge is 0.131 e. The van der Waals surface area contributed by atoms with Gasteiger partial charge in [0.1, 0.15) is 12.0 Å². The highest BCUT2D eigenvalue weighted by Gasteiger charge is 2.31. The molecule has 3 aliphatic rings. The second kappa shape index (κ2) is 14.1. The number of fused-ring (bicyclic) bond motifs is 9. The predicted octanol–water partition coefficient (Wildman–Crippen LogP) is 11.2. The highest BCUT2D eigenvalue weighted by atomic mass is 15.3. The van der Waals surface area contributed by atoms with Crippen molar-refractivity contribution < 1.29 is 0 Å². The molecule has 0 amide bonds. The van der Waals surface area contributed by atoms with Crippen molar-refractivity contribution in [3.8, 4) is 11.4 Å². The average molecular weight is 798 g/mol. The zero-order chi connectivity index (χ0) is 40.7. The van der Waals surface area contributed by atoms with Crippen LogP contribution in [0.3, 0.4) is 0 Å². The third-order valence-corrected chi connectivity index (χ3v) is 13.5. The van der Waals surface area contributed by atoms with Crippen molar-refractivity contribution in [2.24, 2.45) is 10.9 Å². The summed E-state index contributed by atoms with van der Waals surface area (Å²) >= 11 is 0. The fraction of sp³-hybridized carbons (Fsp3) is 0.105. The van der Waals surface area contributed by atoms with Crippen molar-refractivity contribution in [3.05, 3.63) is 209 Å². The van der Waals surface area contributed by atoms with Gasteiger partial charge in [-0.05, 0) is 99.8 Å². The minimum Gasteiger partial charge on any atom is -0.354 e. The van der Waals surface area contributed by atoms with Gasteiger partial charge in [0.2, 0.25) is 0 Å². The summed E-state index contributed by atoms with van der Waals surface area (Å²) in [4.78, 5) is 5.50. The normalized spacial score (nSPS) is 18.3. The number of amidine groups is 1. The summed E-state index contributed by atoms with van der Waals surface area (Å²) in [5.74, 6) is 1.16. The van der Waals surface area contributed by atoms with Crippen molar-refractivity contribution in [3.63, 3.8) is 0 Å². The Hall–Kier alpha value is -7.47. The summed E-state index contributed by atoms with van der Waals surface area (Å²) in [5.41, 5.74) is 10.9. The molecule has 5 heteroatoms. The molecule has 2 aromatic heterocycles. The van der Waals surface area contributed by atoms with Crippen LogP contribution in [0.5, 0.6) is 0 Å². The van der Waals surface area contributed by atoms with Crippen LogP contribution >= 0.6 is 0 Å². The van der Waals surface area contributed by atoms with Gasteiger partial charge in [-0.15, -0.1) is 0 Å². The Morgan fingerprint density at radius 3 is 2.11 bits per heavy atom. The number of allylic oxidation sites excluding steroid dienone is 1. The van der Waals surface area contributed by atoms with Crippen LogP contribution in [0.2, 0.25) is 0 Å². The Labute approximate surface area is 359 Å². The molecular formula is C57H43N5. The van der Waals surface area contributed by atoms with Crippen molar-refractivity contribution in [1.82, 2.24) is 19.8 Å². The molecule has 2 N–H and O–H groups in total. The van der Waals surface area contributed by atoms with Crippen LogP contribution in [-0.2, 0) is 6.42 Å². The summed E-state index contributed by atoms with van der Waals surface area (Å²) in [6.45, 7) is 0. The van der Waals surface area contributed by atoms with E-state index in [-0.39, 0.29) is 18.2 Å². The van der Waals surface area contributed by atoms with Crippen LogP contribution in [0, 0.1) is 5.92 Å². The number of hydrogen-bond acceptors (Lipinski definition) is 3. The molecule has 3 unspecified atom stereocenters. The van der Waals surface area contributed by atoms with E-state index in [0.717, 1.165) is 36.3 Å². The molecule has 2 aliphatic carbocycles. The van der Waals surface area contributed by atoms with Gasteiger partial charge in [0.15, 0.2) is 0 Å². The predicted molar refractivity (Wildman–Crippen MR) is 258 cm³/mol. The standard InChI is InChI=1S/C57H43N5/c1-2-15-37(16-3-1)55-58-56(41-27-26-36-14-4-5-17-38(36)30-41)60-57(59-55)50-35-44(31-40-18-6-7-19-45(40)50)62-53-25-13-10-22-48(53)49-33-39-28-29-43(32-42(39)34-54(49)62)61-51-23-11-8-20-46(51)47-21-9-12-24-52(47)61/h1-12,14-24,26,28-35,41,56-57,60H,13,25,27H2,(H,58,59). The van der Waals surface area contributed by atoms with Gasteiger partial charge in [-0.25, -0.2) is 4.99 Å². The first-order valence-corrected chi connectivity index (χ1v) is 21.9. The van der Waals surface area contributed by atoms with E-state index in [1.165, 1.54) is 87.2 Å². The van der Waals surface area contributed by atoms with Crippen molar-refractivity contribution in [2.45, 2.75) is 31.6 Å². The third-order valence-electron chi connectivity index (χ3n) is 13.5. The summed E-state index contributed by atoms with van der Waals surface area (Å²) in [7, 11) is 0. The van der Waals surface area contributed by atoms with E-state index in [2.05, 4.69) is 214 Å². The van der Waals surface area contributed by atoms with Crippen molar-refractivity contribution in [2.75, 3.05) is 0 Å². The van der Waals surface area contributed by atoms with Gasteiger partial charge in [-0.1, -0.05) is 146 Å². The van der Waals surface area contributed by atoms with E-state index in [9.17, 15) is 0 Å². The largest absolute Gasteiger partial charge is 0.354 e. The first-order valence-electron chi connectivity index (χ1n) is 21.9. The number of rotatable bonds is 5. The van der Waals surface area contributed by atoms with E-state index in [1.54, 1.807) is 0 Å².